The molecule has 0 radical (unpaired) electrons. The van der Waals surface area contributed by atoms with E-state index in [0.717, 1.165) is 32.4 Å². The molecule has 1 aliphatic rings. The molecule has 1 saturated heterocycles. The van der Waals surface area contributed by atoms with Gasteiger partial charge in [-0.25, -0.2) is 0 Å². The van der Waals surface area contributed by atoms with E-state index in [-0.39, 0.29) is 6.04 Å². The summed E-state index contributed by atoms with van der Waals surface area (Å²) in [6.07, 6.45) is 8.20. The van der Waals surface area contributed by atoms with Gasteiger partial charge in [0.05, 0.1) is 12.7 Å². The second-order valence-corrected chi connectivity index (χ2v) is 5.21. The Labute approximate surface area is 106 Å². The fourth-order valence-corrected chi connectivity index (χ4v) is 2.43. The summed E-state index contributed by atoms with van der Waals surface area (Å²) in [6.45, 7) is 7.32. The van der Waals surface area contributed by atoms with Crippen molar-refractivity contribution in [1.29, 1.82) is 0 Å². The van der Waals surface area contributed by atoms with E-state index in [9.17, 15) is 4.79 Å². The lowest BCUT2D eigenvalue weighted by Crippen LogP contribution is -2.36. The number of nitrogens with one attached hydrogen (secondary N) is 1. The van der Waals surface area contributed by atoms with Crippen molar-refractivity contribution >= 4 is 5.91 Å². The smallest absolute Gasteiger partial charge is 0.241 e. The average Bonchev–Trinajstić information content (AvgIpc) is 2.68. The number of carbonyl (C=O) groups excluding carboxylic acids is 1. The molecule has 0 aromatic carbocycles. The zero-order chi connectivity index (χ0) is 12.7. The number of hydrogen-bond donors (Lipinski definition) is 1. The van der Waals surface area contributed by atoms with Crippen molar-refractivity contribution in [3.63, 3.8) is 0 Å². The molecular weight excluding hydrogens is 212 g/mol. The molecule has 1 heterocycles. The zero-order valence-electron chi connectivity index (χ0n) is 11.7. The maximum Gasteiger partial charge on any atom is 0.241 e. The van der Waals surface area contributed by atoms with Gasteiger partial charge in [0.15, 0.2) is 0 Å². The summed E-state index contributed by atoms with van der Waals surface area (Å²) in [6, 6.07) is 0.483. The summed E-state index contributed by atoms with van der Waals surface area (Å²) < 4.78 is 0. The van der Waals surface area contributed by atoms with Gasteiger partial charge < -0.3 is 4.90 Å². The summed E-state index contributed by atoms with van der Waals surface area (Å²) in [5.41, 5.74) is 0. The SMILES string of the molecule is CCCCCC(C)N1CNC(CCCC)C1=O. The van der Waals surface area contributed by atoms with Crippen LogP contribution in [0.4, 0.5) is 0 Å². The first-order chi connectivity index (χ1) is 8.20. The van der Waals surface area contributed by atoms with Crippen LogP contribution in [-0.2, 0) is 4.79 Å². The molecule has 2 atom stereocenters. The first kappa shape index (κ1) is 14.5. The molecule has 1 aliphatic heterocycles. The van der Waals surface area contributed by atoms with E-state index >= 15 is 0 Å². The normalized spacial score (nSPS) is 22.2. The molecular formula is C14H28N2O. The lowest BCUT2D eigenvalue weighted by molar-refractivity contribution is -0.130. The Morgan fingerprint density at radius 1 is 1.29 bits per heavy atom. The number of carbonyl (C=O) groups is 1. The maximum atomic E-state index is 12.1. The van der Waals surface area contributed by atoms with E-state index in [1.165, 1.54) is 19.3 Å². The first-order valence-corrected chi connectivity index (χ1v) is 7.24. The van der Waals surface area contributed by atoms with Gasteiger partial charge >= 0.3 is 0 Å². The average molecular weight is 240 g/mol. The summed E-state index contributed by atoms with van der Waals surface area (Å²) in [4.78, 5) is 14.2. The molecule has 100 valence electrons. The predicted octanol–water partition coefficient (Wildman–Crippen LogP) is 2.90. The van der Waals surface area contributed by atoms with Crippen LogP contribution in [-0.4, -0.2) is 29.6 Å². The standard InChI is InChI=1S/C14H28N2O/c1-4-6-8-9-12(3)16-11-15-13(14(16)17)10-7-5-2/h12-13,15H,4-11H2,1-3H3. The van der Waals surface area contributed by atoms with Gasteiger partial charge in [-0.2, -0.15) is 0 Å². The van der Waals surface area contributed by atoms with Crippen LogP contribution in [0.15, 0.2) is 0 Å². The van der Waals surface area contributed by atoms with Gasteiger partial charge in [-0.05, 0) is 19.8 Å². The van der Waals surface area contributed by atoms with E-state index in [2.05, 4.69) is 26.1 Å². The molecule has 17 heavy (non-hydrogen) atoms. The third-order valence-corrected chi connectivity index (χ3v) is 3.69. The maximum absolute atomic E-state index is 12.1. The van der Waals surface area contributed by atoms with Crippen molar-refractivity contribution < 1.29 is 4.79 Å². The lowest BCUT2D eigenvalue weighted by atomic mass is 10.1. The Balaban J connectivity index is 2.32. The van der Waals surface area contributed by atoms with Gasteiger partial charge in [0, 0.05) is 6.04 Å². The Bertz CT molecular complexity index is 230. The van der Waals surface area contributed by atoms with Crippen LogP contribution in [0.25, 0.3) is 0 Å². The number of unbranched alkanes of at least 4 members (excludes halogenated alkanes) is 3. The van der Waals surface area contributed by atoms with Crippen molar-refractivity contribution in [3.8, 4) is 0 Å². The molecule has 1 fully saturated rings. The van der Waals surface area contributed by atoms with Gasteiger partial charge in [-0.3, -0.25) is 10.1 Å². The second-order valence-electron chi connectivity index (χ2n) is 5.21. The van der Waals surface area contributed by atoms with Crippen molar-refractivity contribution in [3.05, 3.63) is 0 Å². The van der Waals surface area contributed by atoms with Gasteiger partial charge in [0.2, 0.25) is 5.91 Å². The quantitative estimate of drug-likeness (QED) is 0.662. The van der Waals surface area contributed by atoms with Crippen molar-refractivity contribution in [2.24, 2.45) is 0 Å². The van der Waals surface area contributed by atoms with E-state index in [1.807, 2.05) is 4.90 Å². The number of rotatable bonds is 8. The highest BCUT2D eigenvalue weighted by atomic mass is 16.2. The molecule has 1 amide bonds. The molecule has 0 spiro atoms. The molecule has 0 bridgehead atoms. The topological polar surface area (TPSA) is 32.3 Å². The Hall–Kier alpha value is -0.570. The van der Waals surface area contributed by atoms with E-state index in [0.29, 0.717) is 11.9 Å². The van der Waals surface area contributed by atoms with Crippen molar-refractivity contribution in [1.82, 2.24) is 10.2 Å². The van der Waals surface area contributed by atoms with Gasteiger partial charge in [-0.15, -0.1) is 0 Å². The Morgan fingerprint density at radius 3 is 2.65 bits per heavy atom. The van der Waals surface area contributed by atoms with Gasteiger partial charge in [0.25, 0.3) is 0 Å². The second kappa shape index (κ2) is 7.70. The number of hydrogen-bond acceptors (Lipinski definition) is 2. The van der Waals surface area contributed by atoms with Crippen LogP contribution < -0.4 is 5.32 Å². The Kier molecular flexibility index (Phi) is 6.56. The van der Waals surface area contributed by atoms with Crippen LogP contribution in [0.5, 0.6) is 0 Å². The molecule has 3 nitrogen and oxygen atoms in total. The zero-order valence-corrected chi connectivity index (χ0v) is 11.7. The van der Waals surface area contributed by atoms with Crippen LogP contribution in [0.2, 0.25) is 0 Å². The first-order valence-electron chi connectivity index (χ1n) is 7.24. The Morgan fingerprint density at radius 2 is 2.00 bits per heavy atom. The van der Waals surface area contributed by atoms with Crippen molar-refractivity contribution in [2.75, 3.05) is 6.67 Å². The number of amides is 1. The van der Waals surface area contributed by atoms with Gasteiger partial charge in [-0.1, -0.05) is 46.0 Å². The van der Waals surface area contributed by atoms with Crippen LogP contribution >= 0.6 is 0 Å². The molecule has 1 rings (SSSR count). The summed E-state index contributed by atoms with van der Waals surface area (Å²) in [5.74, 6) is 0.322. The monoisotopic (exact) mass is 240 g/mol. The minimum Gasteiger partial charge on any atom is -0.326 e. The van der Waals surface area contributed by atoms with Crippen LogP contribution in [0.3, 0.4) is 0 Å². The highest BCUT2D eigenvalue weighted by molar-refractivity contribution is 5.83. The summed E-state index contributed by atoms with van der Waals surface area (Å²) >= 11 is 0. The number of nitrogens with zero attached hydrogens (tertiary/aromatic N) is 1. The molecule has 0 aromatic heterocycles. The van der Waals surface area contributed by atoms with E-state index in [4.69, 9.17) is 0 Å². The summed E-state index contributed by atoms with van der Waals surface area (Å²) in [7, 11) is 0. The lowest BCUT2D eigenvalue weighted by Gasteiger charge is -2.23. The third kappa shape index (κ3) is 4.30. The van der Waals surface area contributed by atoms with Gasteiger partial charge in [0.1, 0.15) is 0 Å². The van der Waals surface area contributed by atoms with Crippen LogP contribution in [0.1, 0.15) is 65.7 Å². The van der Waals surface area contributed by atoms with Crippen molar-refractivity contribution in [2.45, 2.75) is 77.8 Å². The fourth-order valence-electron chi connectivity index (χ4n) is 2.43. The van der Waals surface area contributed by atoms with E-state index < -0.39 is 0 Å². The predicted molar refractivity (Wildman–Crippen MR) is 71.8 cm³/mol. The van der Waals surface area contributed by atoms with E-state index in [1.54, 1.807) is 0 Å². The fraction of sp³-hybridized carbons (Fsp3) is 0.929. The third-order valence-electron chi connectivity index (χ3n) is 3.69. The molecule has 1 N–H and O–H groups in total. The summed E-state index contributed by atoms with van der Waals surface area (Å²) in [5, 5.41) is 3.34. The van der Waals surface area contributed by atoms with Crippen LogP contribution in [0, 0.1) is 0 Å². The molecule has 0 aromatic rings. The minimum absolute atomic E-state index is 0.0866. The molecule has 2 unspecified atom stereocenters. The molecule has 0 saturated carbocycles. The highest BCUT2D eigenvalue weighted by Crippen LogP contribution is 2.16. The molecule has 3 heteroatoms. The molecule has 0 aliphatic carbocycles. The highest BCUT2D eigenvalue weighted by Gasteiger charge is 2.32. The minimum atomic E-state index is 0.0866. The largest absolute Gasteiger partial charge is 0.326 e.